The molecule has 0 spiro atoms. The van der Waals surface area contributed by atoms with Crippen LogP contribution in [-0.2, 0) is 0 Å². The Hall–Kier alpha value is -0.340. The van der Waals surface area contributed by atoms with Gasteiger partial charge < -0.3 is 10.2 Å². The topological polar surface area (TPSA) is 40.5 Å². The predicted molar refractivity (Wildman–Crippen MR) is 87.9 cm³/mol. The summed E-state index contributed by atoms with van der Waals surface area (Å²) in [4.78, 5) is 0. The third kappa shape index (κ3) is 3.37. The van der Waals surface area contributed by atoms with Gasteiger partial charge in [-0.15, -0.1) is 0 Å². The lowest BCUT2D eigenvalue weighted by molar-refractivity contribution is -0.0232. The van der Waals surface area contributed by atoms with Crippen molar-refractivity contribution in [2.75, 3.05) is 0 Å². The molecule has 0 aromatic carbocycles. The van der Waals surface area contributed by atoms with Gasteiger partial charge in [-0.1, -0.05) is 39.3 Å². The first-order valence-electron chi connectivity index (χ1n) is 8.75. The second kappa shape index (κ2) is 6.04. The Bertz CT molecular complexity index is 382. The van der Waals surface area contributed by atoms with E-state index in [1.807, 2.05) is 13.8 Å². The highest BCUT2D eigenvalue weighted by Crippen LogP contribution is 2.57. The zero-order valence-electron chi connectivity index (χ0n) is 14.5. The smallest absolute Gasteiger partial charge is 0.0651 e. The highest BCUT2D eigenvalue weighted by atomic mass is 16.3. The van der Waals surface area contributed by atoms with E-state index in [1.165, 1.54) is 25.7 Å². The molecule has 2 heteroatoms. The third-order valence-electron chi connectivity index (χ3n) is 6.61. The van der Waals surface area contributed by atoms with Gasteiger partial charge in [0.2, 0.25) is 0 Å². The molecule has 0 aliphatic heterocycles. The minimum atomic E-state index is -0.653. The van der Waals surface area contributed by atoms with Gasteiger partial charge in [-0.05, 0) is 62.7 Å². The number of hydrogen-bond acceptors (Lipinski definition) is 2. The van der Waals surface area contributed by atoms with Gasteiger partial charge in [0.1, 0.15) is 0 Å². The first-order valence-corrected chi connectivity index (χ1v) is 8.75. The van der Waals surface area contributed by atoms with E-state index < -0.39 is 5.60 Å². The van der Waals surface area contributed by atoms with Crippen molar-refractivity contribution in [3.63, 3.8) is 0 Å². The molecule has 21 heavy (non-hydrogen) atoms. The molecule has 0 amide bonds. The number of aliphatic hydroxyl groups excluding tert-OH is 1. The molecule has 2 aliphatic carbocycles. The number of fused-ring (bicyclic) bond motifs is 1. The maximum Gasteiger partial charge on any atom is 0.0651 e. The Morgan fingerprint density at radius 1 is 1.14 bits per heavy atom. The summed E-state index contributed by atoms with van der Waals surface area (Å²) in [5, 5.41) is 20.4. The summed E-state index contributed by atoms with van der Waals surface area (Å²) >= 11 is 0. The van der Waals surface area contributed by atoms with Crippen LogP contribution in [0.2, 0.25) is 0 Å². The normalized spacial score (nSPS) is 40.2. The van der Waals surface area contributed by atoms with Gasteiger partial charge >= 0.3 is 0 Å². The van der Waals surface area contributed by atoms with Crippen molar-refractivity contribution in [2.24, 2.45) is 29.1 Å². The minimum Gasteiger partial charge on any atom is -0.393 e. The van der Waals surface area contributed by atoms with Crippen molar-refractivity contribution in [2.45, 2.75) is 78.4 Å². The molecule has 6 atom stereocenters. The quantitative estimate of drug-likeness (QED) is 0.764. The molecule has 0 saturated heterocycles. The standard InChI is InChI=1S/C19H34O2/c1-13(8-9-14(2)18(3,4)21)15-10-11-16-17(20)7-6-12-19(15,16)5/h8-9,13-17,20-21H,6-7,10-12H2,1-5H3/b9-8+/t13?,14?,15-,16+,17+,19-/m1/s1. The largest absolute Gasteiger partial charge is 0.393 e. The fourth-order valence-electron chi connectivity index (χ4n) is 4.76. The van der Waals surface area contributed by atoms with E-state index in [-0.39, 0.29) is 12.0 Å². The van der Waals surface area contributed by atoms with E-state index in [4.69, 9.17) is 0 Å². The Labute approximate surface area is 130 Å². The van der Waals surface area contributed by atoms with Crippen LogP contribution in [0.1, 0.15) is 66.7 Å². The van der Waals surface area contributed by atoms with Gasteiger partial charge in [-0.3, -0.25) is 0 Å². The summed E-state index contributed by atoms with van der Waals surface area (Å²) in [6.45, 7) is 10.5. The summed E-state index contributed by atoms with van der Waals surface area (Å²) in [6.07, 6.45) is 10.2. The maximum atomic E-state index is 10.3. The summed E-state index contributed by atoms with van der Waals surface area (Å²) < 4.78 is 0. The lowest BCUT2D eigenvalue weighted by atomic mass is 9.62. The highest BCUT2D eigenvalue weighted by Gasteiger charge is 2.51. The molecule has 0 bridgehead atoms. The van der Waals surface area contributed by atoms with Crippen molar-refractivity contribution >= 4 is 0 Å². The molecule has 2 saturated carbocycles. The van der Waals surface area contributed by atoms with Crippen LogP contribution in [0.5, 0.6) is 0 Å². The van der Waals surface area contributed by atoms with Crippen molar-refractivity contribution in [3.05, 3.63) is 12.2 Å². The van der Waals surface area contributed by atoms with Gasteiger partial charge in [0.05, 0.1) is 11.7 Å². The lowest BCUT2D eigenvalue weighted by Gasteiger charge is -2.44. The van der Waals surface area contributed by atoms with Crippen LogP contribution in [0.3, 0.4) is 0 Å². The van der Waals surface area contributed by atoms with Gasteiger partial charge in [-0.2, -0.15) is 0 Å². The molecule has 2 nitrogen and oxygen atoms in total. The van der Waals surface area contributed by atoms with Crippen molar-refractivity contribution in [1.29, 1.82) is 0 Å². The molecule has 0 aromatic heterocycles. The molecular weight excluding hydrogens is 260 g/mol. The maximum absolute atomic E-state index is 10.3. The fraction of sp³-hybridized carbons (Fsp3) is 0.895. The number of allylic oxidation sites excluding steroid dienone is 1. The first-order chi connectivity index (χ1) is 9.66. The SMILES string of the molecule is CC(/C=C/C(C)C(C)(C)O)[C@H]1CC[C@H]2[C@@H](O)CCC[C@]12C. The summed E-state index contributed by atoms with van der Waals surface area (Å²) in [6, 6.07) is 0. The molecule has 0 aromatic rings. The summed E-state index contributed by atoms with van der Waals surface area (Å²) in [7, 11) is 0. The van der Waals surface area contributed by atoms with Gasteiger partial charge in [0.25, 0.3) is 0 Å². The predicted octanol–water partition coefficient (Wildman–Crippen LogP) is 4.16. The second-order valence-corrected chi connectivity index (χ2v) is 8.44. The third-order valence-corrected chi connectivity index (χ3v) is 6.61. The van der Waals surface area contributed by atoms with Gasteiger partial charge in [0.15, 0.2) is 0 Å². The van der Waals surface area contributed by atoms with E-state index in [2.05, 4.69) is 32.9 Å². The van der Waals surface area contributed by atoms with Crippen molar-refractivity contribution in [3.8, 4) is 0 Å². The molecule has 0 radical (unpaired) electrons. The Morgan fingerprint density at radius 2 is 1.81 bits per heavy atom. The van der Waals surface area contributed by atoms with Gasteiger partial charge in [0, 0.05) is 5.92 Å². The molecule has 2 aliphatic rings. The van der Waals surface area contributed by atoms with E-state index in [0.717, 1.165) is 6.42 Å². The average Bonchev–Trinajstić information content (AvgIpc) is 2.73. The fourth-order valence-corrected chi connectivity index (χ4v) is 4.76. The minimum absolute atomic E-state index is 0.0831. The van der Waals surface area contributed by atoms with E-state index in [1.54, 1.807) is 0 Å². The van der Waals surface area contributed by atoms with Crippen LogP contribution in [0.25, 0.3) is 0 Å². The summed E-state index contributed by atoms with van der Waals surface area (Å²) in [5.41, 5.74) is -0.348. The van der Waals surface area contributed by atoms with E-state index in [0.29, 0.717) is 23.2 Å². The molecule has 2 unspecified atom stereocenters. The van der Waals surface area contributed by atoms with E-state index in [9.17, 15) is 10.2 Å². The number of hydrogen-bond donors (Lipinski definition) is 2. The molecule has 2 rings (SSSR count). The molecule has 2 fully saturated rings. The van der Waals surface area contributed by atoms with Crippen LogP contribution in [0.4, 0.5) is 0 Å². The monoisotopic (exact) mass is 294 g/mol. The number of rotatable bonds is 4. The van der Waals surface area contributed by atoms with E-state index >= 15 is 0 Å². The number of aliphatic hydroxyl groups is 2. The van der Waals surface area contributed by atoms with Crippen LogP contribution in [0, 0.1) is 29.1 Å². The molecular formula is C19H34O2. The second-order valence-electron chi connectivity index (χ2n) is 8.44. The first kappa shape index (κ1) is 17.0. The van der Waals surface area contributed by atoms with Gasteiger partial charge in [-0.25, -0.2) is 0 Å². The zero-order chi connectivity index (χ0) is 15.8. The molecule has 2 N–H and O–H groups in total. The molecule has 122 valence electrons. The lowest BCUT2D eigenvalue weighted by Crippen LogP contribution is -2.41. The summed E-state index contributed by atoms with van der Waals surface area (Å²) in [5.74, 6) is 1.86. The van der Waals surface area contributed by atoms with Crippen LogP contribution in [-0.4, -0.2) is 21.9 Å². The Morgan fingerprint density at radius 3 is 2.43 bits per heavy atom. The zero-order valence-corrected chi connectivity index (χ0v) is 14.5. The van der Waals surface area contributed by atoms with Crippen LogP contribution in [0.15, 0.2) is 12.2 Å². The average molecular weight is 294 g/mol. The molecule has 0 heterocycles. The Kier molecular flexibility index (Phi) is 4.90. The van der Waals surface area contributed by atoms with Crippen molar-refractivity contribution < 1.29 is 10.2 Å². The van der Waals surface area contributed by atoms with Crippen LogP contribution >= 0.6 is 0 Å². The van der Waals surface area contributed by atoms with Crippen LogP contribution < -0.4 is 0 Å². The highest BCUT2D eigenvalue weighted by molar-refractivity contribution is 5.06. The van der Waals surface area contributed by atoms with Crippen molar-refractivity contribution in [1.82, 2.24) is 0 Å². The Balaban J connectivity index is 2.06.